The summed E-state index contributed by atoms with van der Waals surface area (Å²) in [4.78, 5) is 24.3. The van der Waals surface area contributed by atoms with Crippen LogP contribution in [0.3, 0.4) is 0 Å². The fraction of sp³-hybridized carbons (Fsp3) is 0.150. The molecule has 6 nitrogen and oxygen atoms in total. The lowest BCUT2D eigenvalue weighted by Crippen LogP contribution is -2.29. The molecule has 0 spiro atoms. The molecule has 132 valence electrons. The predicted octanol–water partition coefficient (Wildman–Crippen LogP) is 2.87. The third kappa shape index (κ3) is 4.16. The predicted molar refractivity (Wildman–Crippen MR) is 100 cm³/mol. The van der Waals surface area contributed by atoms with Gasteiger partial charge < -0.3 is 10.1 Å². The van der Waals surface area contributed by atoms with Crippen molar-refractivity contribution in [2.24, 2.45) is 0 Å². The van der Waals surface area contributed by atoms with E-state index >= 15 is 0 Å². The Balaban J connectivity index is 1.77. The number of amides is 1. The number of anilines is 1. The van der Waals surface area contributed by atoms with Gasteiger partial charge in [-0.05, 0) is 49.4 Å². The maximum Gasteiger partial charge on any atom is 0.267 e. The molecule has 2 aromatic carbocycles. The first-order valence-corrected chi connectivity index (χ1v) is 8.14. The summed E-state index contributed by atoms with van der Waals surface area (Å²) < 4.78 is 6.29. The van der Waals surface area contributed by atoms with Crippen LogP contribution in [0.4, 0.5) is 5.69 Å². The van der Waals surface area contributed by atoms with Gasteiger partial charge in [-0.1, -0.05) is 17.7 Å². The Kier molecular flexibility index (Phi) is 5.12. The number of nitrogens with zero attached hydrogens (tertiary/aromatic N) is 2. The number of hydrogen-bond donors (Lipinski definition) is 1. The summed E-state index contributed by atoms with van der Waals surface area (Å²) in [7, 11) is 1.60. The zero-order chi connectivity index (χ0) is 18.5. The van der Waals surface area contributed by atoms with Gasteiger partial charge in [0.25, 0.3) is 5.56 Å². The molecule has 0 unspecified atom stereocenters. The minimum Gasteiger partial charge on any atom is -0.497 e. The third-order valence-electron chi connectivity index (χ3n) is 3.88. The van der Waals surface area contributed by atoms with Gasteiger partial charge in [0.2, 0.25) is 5.91 Å². The second-order valence-corrected chi connectivity index (χ2v) is 5.86. The van der Waals surface area contributed by atoms with Crippen LogP contribution in [-0.2, 0) is 11.3 Å². The first kappa shape index (κ1) is 17.4. The second kappa shape index (κ2) is 7.65. The molecule has 26 heavy (non-hydrogen) atoms. The largest absolute Gasteiger partial charge is 0.497 e. The molecule has 0 aliphatic carbocycles. The smallest absolute Gasteiger partial charge is 0.267 e. The molecule has 0 aliphatic heterocycles. The van der Waals surface area contributed by atoms with Crippen LogP contribution in [-0.4, -0.2) is 22.8 Å². The quantitative estimate of drug-likeness (QED) is 0.769. The SMILES string of the molecule is COc1ccc(-c2ccc(=O)n(CC(=O)Nc3ccc(C)cc3)n2)cc1. The van der Waals surface area contributed by atoms with Crippen molar-refractivity contribution in [3.8, 4) is 17.0 Å². The van der Waals surface area contributed by atoms with Gasteiger partial charge in [-0.2, -0.15) is 5.10 Å². The van der Waals surface area contributed by atoms with Gasteiger partial charge in [0.1, 0.15) is 12.3 Å². The molecule has 1 N–H and O–H groups in total. The Hall–Kier alpha value is -3.41. The topological polar surface area (TPSA) is 73.2 Å². The average Bonchev–Trinajstić information content (AvgIpc) is 2.65. The molecular formula is C20H19N3O3. The Labute approximate surface area is 151 Å². The van der Waals surface area contributed by atoms with Crippen molar-refractivity contribution < 1.29 is 9.53 Å². The van der Waals surface area contributed by atoms with Gasteiger partial charge in [-0.3, -0.25) is 9.59 Å². The zero-order valence-corrected chi connectivity index (χ0v) is 14.6. The van der Waals surface area contributed by atoms with E-state index in [9.17, 15) is 9.59 Å². The van der Waals surface area contributed by atoms with Gasteiger partial charge in [-0.15, -0.1) is 0 Å². The number of aromatic nitrogens is 2. The average molecular weight is 349 g/mol. The first-order chi connectivity index (χ1) is 12.5. The summed E-state index contributed by atoms with van der Waals surface area (Å²) in [5, 5.41) is 7.06. The summed E-state index contributed by atoms with van der Waals surface area (Å²) in [6, 6.07) is 17.8. The first-order valence-electron chi connectivity index (χ1n) is 8.14. The van der Waals surface area contributed by atoms with Crippen molar-refractivity contribution in [3.05, 3.63) is 76.6 Å². The van der Waals surface area contributed by atoms with E-state index in [4.69, 9.17) is 4.74 Å². The van der Waals surface area contributed by atoms with E-state index < -0.39 is 0 Å². The number of carbonyl (C=O) groups is 1. The summed E-state index contributed by atoms with van der Waals surface area (Å²) in [6.07, 6.45) is 0. The number of nitrogens with one attached hydrogen (secondary N) is 1. The fourth-order valence-corrected chi connectivity index (χ4v) is 2.45. The zero-order valence-electron chi connectivity index (χ0n) is 14.6. The van der Waals surface area contributed by atoms with Crippen LogP contribution < -0.4 is 15.6 Å². The standard InChI is InChI=1S/C20H19N3O3/c1-14-3-7-16(8-4-14)21-19(24)13-23-20(25)12-11-18(22-23)15-5-9-17(26-2)10-6-15/h3-12H,13H2,1-2H3,(H,21,24). The summed E-state index contributed by atoms with van der Waals surface area (Å²) in [5.74, 6) is 0.426. The molecule has 3 rings (SSSR count). The van der Waals surface area contributed by atoms with Crippen molar-refractivity contribution in [2.45, 2.75) is 13.5 Å². The molecular weight excluding hydrogens is 330 g/mol. The minimum atomic E-state index is -0.332. The van der Waals surface area contributed by atoms with E-state index in [1.165, 1.54) is 6.07 Å². The fourth-order valence-electron chi connectivity index (χ4n) is 2.45. The van der Waals surface area contributed by atoms with Gasteiger partial charge in [0.05, 0.1) is 12.8 Å². The highest BCUT2D eigenvalue weighted by Gasteiger charge is 2.09. The highest BCUT2D eigenvalue weighted by atomic mass is 16.5. The molecule has 0 aliphatic rings. The minimum absolute atomic E-state index is 0.156. The van der Waals surface area contributed by atoms with E-state index in [0.29, 0.717) is 11.4 Å². The lowest BCUT2D eigenvalue weighted by atomic mass is 10.1. The lowest BCUT2D eigenvalue weighted by Gasteiger charge is -2.09. The summed E-state index contributed by atoms with van der Waals surface area (Å²) >= 11 is 0. The maximum absolute atomic E-state index is 12.2. The molecule has 0 fully saturated rings. The number of aryl methyl sites for hydroxylation is 1. The maximum atomic E-state index is 12.2. The number of ether oxygens (including phenoxy) is 1. The van der Waals surface area contributed by atoms with Gasteiger partial charge >= 0.3 is 0 Å². The molecule has 0 saturated heterocycles. The van der Waals surface area contributed by atoms with Crippen molar-refractivity contribution in [3.63, 3.8) is 0 Å². The van der Waals surface area contributed by atoms with E-state index in [1.807, 2.05) is 55.5 Å². The van der Waals surface area contributed by atoms with E-state index in [-0.39, 0.29) is 18.0 Å². The van der Waals surface area contributed by atoms with Gasteiger partial charge in [0, 0.05) is 17.3 Å². The molecule has 1 heterocycles. The molecule has 3 aromatic rings. The molecule has 0 radical (unpaired) electrons. The van der Waals surface area contributed by atoms with Crippen LogP contribution in [0.1, 0.15) is 5.56 Å². The molecule has 0 bridgehead atoms. The van der Waals surface area contributed by atoms with E-state index in [0.717, 1.165) is 21.6 Å². The number of carbonyl (C=O) groups excluding carboxylic acids is 1. The Bertz CT molecular complexity index is 961. The van der Waals surface area contributed by atoms with Crippen LogP contribution >= 0.6 is 0 Å². The number of rotatable bonds is 5. The molecule has 0 saturated carbocycles. The van der Waals surface area contributed by atoms with E-state index in [2.05, 4.69) is 10.4 Å². The molecule has 1 aromatic heterocycles. The lowest BCUT2D eigenvalue weighted by molar-refractivity contribution is -0.117. The van der Waals surface area contributed by atoms with Crippen molar-refractivity contribution >= 4 is 11.6 Å². The van der Waals surface area contributed by atoms with Crippen LogP contribution in [0.2, 0.25) is 0 Å². The van der Waals surface area contributed by atoms with Crippen molar-refractivity contribution in [2.75, 3.05) is 12.4 Å². The second-order valence-electron chi connectivity index (χ2n) is 5.86. The van der Waals surface area contributed by atoms with Crippen LogP contribution in [0, 0.1) is 6.92 Å². The molecule has 0 atom stereocenters. The third-order valence-corrected chi connectivity index (χ3v) is 3.88. The molecule has 6 heteroatoms. The van der Waals surface area contributed by atoms with Gasteiger partial charge in [0.15, 0.2) is 0 Å². The van der Waals surface area contributed by atoms with Crippen LogP contribution in [0.15, 0.2) is 65.5 Å². The monoisotopic (exact) mass is 349 g/mol. The number of methoxy groups -OCH3 is 1. The van der Waals surface area contributed by atoms with Gasteiger partial charge in [-0.25, -0.2) is 4.68 Å². The van der Waals surface area contributed by atoms with Crippen LogP contribution in [0.5, 0.6) is 5.75 Å². The Morgan fingerprint density at radius 2 is 1.73 bits per heavy atom. The summed E-state index contributed by atoms with van der Waals surface area (Å²) in [6.45, 7) is 1.82. The Morgan fingerprint density at radius 1 is 1.04 bits per heavy atom. The normalized spacial score (nSPS) is 10.4. The Morgan fingerprint density at radius 3 is 2.38 bits per heavy atom. The highest BCUT2D eigenvalue weighted by Crippen LogP contribution is 2.19. The number of hydrogen-bond acceptors (Lipinski definition) is 4. The van der Waals surface area contributed by atoms with Crippen LogP contribution in [0.25, 0.3) is 11.3 Å². The number of benzene rings is 2. The molecule has 1 amide bonds. The summed E-state index contributed by atoms with van der Waals surface area (Å²) in [5.41, 5.74) is 2.89. The van der Waals surface area contributed by atoms with Crippen molar-refractivity contribution in [1.82, 2.24) is 9.78 Å². The van der Waals surface area contributed by atoms with E-state index in [1.54, 1.807) is 13.2 Å². The highest BCUT2D eigenvalue weighted by molar-refractivity contribution is 5.90. The van der Waals surface area contributed by atoms with Crippen molar-refractivity contribution in [1.29, 1.82) is 0 Å².